The van der Waals surface area contributed by atoms with Crippen LogP contribution in [0.1, 0.15) is 48.4 Å². The monoisotopic (exact) mass is 286 g/mol. The van der Waals surface area contributed by atoms with E-state index in [4.69, 9.17) is 9.63 Å². The Morgan fingerprint density at radius 2 is 2.14 bits per heavy atom. The second kappa shape index (κ2) is 6.08. The van der Waals surface area contributed by atoms with E-state index in [1.54, 1.807) is 24.3 Å². The van der Waals surface area contributed by atoms with Gasteiger partial charge in [-0.15, -0.1) is 0 Å². The molecule has 3 rings (SSSR count). The topological polar surface area (TPSA) is 76.2 Å². The lowest BCUT2D eigenvalue weighted by atomic mass is 10.0. The van der Waals surface area contributed by atoms with Crippen molar-refractivity contribution >= 4 is 5.97 Å². The number of aromatic carboxylic acids is 1. The standard InChI is InChI=1S/C16H18N2O3/c19-16(20)13-7-3-6-12(10-13)15-17-14(21-18-15)9-8-11-4-1-2-5-11/h3,6-7,10-11H,1-2,4-5,8-9H2,(H,19,20). The molecule has 0 unspecified atom stereocenters. The molecule has 0 aliphatic heterocycles. The van der Waals surface area contributed by atoms with Gasteiger partial charge in [0.2, 0.25) is 11.7 Å². The number of rotatable bonds is 5. The number of hydrogen-bond donors (Lipinski definition) is 1. The molecular formula is C16H18N2O3. The summed E-state index contributed by atoms with van der Waals surface area (Å²) >= 11 is 0. The van der Waals surface area contributed by atoms with Crippen molar-refractivity contribution in [1.82, 2.24) is 10.1 Å². The minimum absolute atomic E-state index is 0.227. The van der Waals surface area contributed by atoms with Crippen LogP contribution in [0.15, 0.2) is 28.8 Å². The average Bonchev–Trinajstić information content (AvgIpc) is 3.17. The van der Waals surface area contributed by atoms with Gasteiger partial charge in [0.25, 0.3) is 0 Å². The van der Waals surface area contributed by atoms with Crippen molar-refractivity contribution < 1.29 is 14.4 Å². The summed E-state index contributed by atoms with van der Waals surface area (Å²) in [4.78, 5) is 15.3. The van der Waals surface area contributed by atoms with E-state index < -0.39 is 5.97 Å². The largest absolute Gasteiger partial charge is 0.478 e. The van der Waals surface area contributed by atoms with Gasteiger partial charge in [-0.25, -0.2) is 4.79 Å². The molecule has 1 aromatic heterocycles. The van der Waals surface area contributed by atoms with Crippen LogP contribution < -0.4 is 0 Å². The van der Waals surface area contributed by atoms with E-state index in [2.05, 4.69) is 10.1 Å². The van der Waals surface area contributed by atoms with Gasteiger partial charge in [-0.2, -0.15) is 4.98 Å². The zero-order chi connectivity index (χ0) is 14.7. The van der Waals surface area contributed by atoms with Crippen LogP contribution >= 0.6 is 0 Å². The Hall–Kier alpha value is -2.17. The Labute approximate surface area is 123 Å². The van der Waals surface area contributed by atoms with Crippen molar-refractivity contribution in [3.8, 4) is 11.4 Å². The van der Waals surface area contributed by atoms with E-state index in [0.29, 0.717) is 17.3 Å². The van der Waals surface area contributed by atoms with Crippen LogP contribution in [-0.2, 0) is 6.42 Å². The zero-order valence-corrected chi connectivity index (χ0v) is 11.8. The Kier molecular flexibility index (Phi) is 3.99. The van der Waals surface area contributed by atoms with Gasteiger partial charge in [-0.05, 0) is 24.5 Å². The molecule has 1 N–H and O–H groups in total. The first kappa shape index (κ1) is 13.8. The molecule has 21 heavy (non-hydrogen) atoms. The summed E-state index contributed by atoms with van der Waals surface area (Å²) in [6.07, 6.45) is 7.18. The van der Waals surface area contributed by atoms with Crippen LogP contribution in [0, 0.1) is 5.92 Å². The van der Waals surface area contributed by atoms with Crippen molar-refractivity contribution in [3.63, 3.8) is 0 Å². The molecule has 0 spiro atoms. The number of carboxylic acids is 1. The van der Waals surface area contributed by atoms with Crippen LogP contribution in [-0.4, -0.2) is 21.2 Å². The van der Waals surface area contributed by atoms with Crippen molar-refractivity contribution in [2.24, 2.45) is 5.92 Å². The molecule has 0 atom stereocenters. The molecule has 1 saturated carbocycles. The number of carbonyl (C=O) groups is 1. The predicted molar refractivity (Wildman–Crippen MR) is 77.0 cm³/mol. The third-order valence-electron chi connectivity index (χ3n) is 4.08. The third kappa shape index (κ3) is 3.29. The second-order valence-electron chi connectivity index (χ2n) is 5.59. The molecule has 0 amide bonds. The minimum Gasteiger partial charge on any atom is -0.478 e. The van der Waals surface area contributed by atoms with E-state index >= 15 is 0 Å². The van der Waals surface area contributed by atoms with Crippen LogP contribution in [0.5, 0.6) is 0 Å². The van der Waals surface area contributed by atoms with Gasteiger partial charge >= 0.3 is 5.97 Å². The Balaban J connectivity index is 1.69. The van der Waals surface area contributed by atoms with Crippen molar-refractivity contribution in [2.45, 2.75) is 38.5 Å². The summed E-state index contributed by atoms with van der Waals surface area (Å²) in [5, 5.41) is 13.0. The molecule has 0 bridgehead atoms. The maximum Gasteiger partial charge on any atom is 0.335 e. The fourth-order valence-corrected chi connectivity index (χ4v) is 2.89. The number of carboxylic acid groups (broad SMARTS) is 1. The molecule has 1 aromatic carbocycles. The lowest BCUT2D eigenvalue weighted by molar-refractivity contribution is 0.0697. The molecule has 1 fully saturated rings. The Morgan fingerprint density at radius 1 is 1.33 bits per heavy atom. The van der Waals surface area contributed by atoms with Crippen LogP contribution in [0.2, 0.25) is 0 Å². The number of aryl methyl sites for hydroxylation is 1. The van der Waals surface area contributed by atoms with Crippen LogP contribution in [0.3, 0.4) is 0 Å². The molecule has 0 saturated heterocycles. The van der Waals surface area contributed by atoms with E-state index in [-0.39, 0.29) is 5.56 Å². The van der Waals surface area contributed by atoms with Crippen LogP contribution in [0.25, 0.3) is 11.4 Å². The van der Waals surface area contributed by atoms with Gasteiger partial charge in [-0.3, -0.25) is 0 Å². The molecular weight excluding hydrogens is 268 g/mol. The first-order chi connectivity index (χ1) is 10.2. The first-order valence-electron chi connectivity index (χ1n) is 7.38. The Morgan fingerprint density at radius 3 is 2.90 bits per heavy atom. The second-order valence-corrected chi connectivity index (χ2v) is 5.59. The maximum absolute atomic E-state index is 11.0. The lowest BCUT2D eigenvalue weighted by Crippen LogP contribution is -1.97. The van der Waals surface area contributed by atoms with Gasteiger partial charge in [0.05, 0.1) is 5.56 Å². The summed E-state index contributed by atoms with van der Waals surface area (Å²) in [6.45, 7) is 0. The maximum atomic E-state index is 11.0. The number of aromatic nitrogens is 2. The summed E-state index contributed by atoms with van der Waals surface area (Å²) in [5.41, 5.74) is 0.899. The molecule has 0 radical (unpaired) electrons. The first-order valence-corrected chi connectivity index (χ1v) is 7.38. The van der Waals surface area contributed by atoms with Crippen molar-refractivity contribution in [1.29, 1.82) is 0 Å². The molecule has 5 nitrogen and oxygen atoms in total. The highest BCUT2D eigenvalue weighted by Crippen LogP contribution is 2.28. The third-order valence-corrected chi connectivity index (χ3v) is 4.08. The van der Waals surface area contributed by atoms with Gasteiger partial charge in [-0.1, -0.05) is 43.0 Å². The van der Waals surface area contributed by atoms with E-state index in [1.165, 1.54) is 25.7 Å². The van der Waals surface area contributed by atoms with Gasteiger partial charge in [0.15, 0.2) is 0 Å². The van der Waals surface area contributed by atoms with E-state index in [0.717, 1.165) is 18.8 Å². The molecule has 1 aliphatic rings. The van der Waals surface area contributed by atoms with Crippen molar-refractivity contribution in [2.75, 3.05) is 0 Å². The van der Waals surface area contributed by atoms with Crippen LogP contribution in [0.4, 0.5) is 0 Å². The molecule has 1 aliphatic carbocycles. The SMILES string of the molecule is O=C(O)c1cccc(-c2noc(CCC3CCCC3)n2)c1. The number of nitrogens with zero attached hydrogens (tertiary/aromatic N) is 2. The van der Waals surface area contributed by atoms with Gasteiger partial charge in [0.1, 0.15) is 0 Å². The molecule has 2 aromatic rings. The predicted octanol–water partition coefficient (Wildman–Crippen LogP) is 3.56. The lowest BCUT2D eigenvalue weighted by Gasteiger charge is -2.04. The average molecular weight is 286 g/mol. The van der Waals surface area contributed by atoms with Crippen molar-refractivity contribution in [3.05, 3.63) is 35.7 Å². The summed E-state index contributed by atoms with van der Waals surface area (Å²) in [5.74, 6) is 0.926. The normalized spacial score (nSPS) is 15.4. The molecule has 5 heteroatoms. The van der Waals surface area contributed by atoms with Gasteiger partial charge < -0.3 is 9.63 Å². The number of hydrogen-bond acceptors (Lipinski definition) is 4. The molecule has 110 valence electrons. The van der Waals surface area contributed by atoms with E-state index in [9.17, 15) is 4.79 Å². The highest BCUT2D eigenvalue weighted by Gasteiger charge is 2.17. The quantitative estimate of drug-likeness (QED) is 0.909. The highest BCUT2D eigenvalue weighted by molar-refractivity contribution is 5.89. The van der Waals surface area contributed by atoms with Gasteiger partial charge in [0, 0.05) is 12.0 Å². The number of benzene rings is 1. The summed E-state index contributed by atoms with van der Waals surface area (Å²) in [7, 11) is 0. The fourth-order valence-electron chi connectivity index (χ4n) is 2.89. The Bertz CT molecular complexity index is 630. The molecule has 1 heterocycles. The zero-order valence-electron chi connectivity index (χ0n) is 11.8. The highest BCUT2D eigenvalue weighted by atomic mass is 16.5. The smallest absolute Gasteiger partial charge is 0.335 e. The fraction of sp³-hybridized carbons (Fsp3) is 0.438. The van der Waals surface area contributed by atoms with E-state index in [1.807, 2.05) is 0 Å². The minimum atomic E-state index is -0.957. The summed E-state index contributed by atoms with van der Waals surface area (Å²) < 4.78 is 5.27. The summed E-state index contributed by atoms with van der Waals surface area (Å²) in [6, 6.07) is 6.59.